The van der Waals surface area contributed by atoms with Gasteiger partial charge in [-0.25, -0.2) is 0 Å². The first-order valence-electron chi connectivity index (χ1n) is 38.7. The first-order valence-corrected chi connectivity index (χ1v) is 38.7. The summed E-state index contributed by atoms with van der Waals surface area (Å²) < 4.78 is 17.7. The van der Waals surface area contributed by atoms with Gasteiger partial charge in [-0.05, 0) is 109 Å². The zero-order valence-electron chi connectivity index (χ0n) is 59.9. The van der Waals surface area contributed by atoms with E-state index in [0.29, 0.717) is 12.8 Å². The van der Waals surface area contributed by atoms with Crippen LogP contribution in [0, 0.1) is 0 Å². The number of rotatable bonds is 66. The van der Waals surface area contributed by atoms with E-state index < -0.39 is 67.4 Å². The minimum atomic E-state index is -1.62. The number of hydrogen-bond acceptors (Lipinski definition) is 10. The van der Waals surface area contributed by atoms with Gasteiger partial charge in [-0.2, -0.15) is 0 Å². The number of amides is 1. The molecule has 0 aromatic carbocycles. The Labute approximate surface area is 570 Å². The lowest BCUT2D eigenvalue weighted by Crippen LogP contribution is -2.61. The maximum Gasteiger partial charge on any atom is 0.306 e. The molecule has 1 fully saturated rings. The molecular weight excluding hydrogens is 1160 g/mol. The van der Waals surface area contributed by atoms with Gasteiger partial charge in [0, 0.05) is 6.42 Å². The number of carbonyl (C=O) groups is 2. The third kappa shape index (κ3) is 55.1. The van der Waals surface area contributed by atoms with Crippen molar-refractivity contribution >= 4 is 11.9 Å². The minimum absolute atomic E-state index is 0.109. The predicted molar refractivity (Wildman–Crippen MR) is 393 cm³/mol. The predicted octanol–water partition coefficient (Wildman–Crippen LogP) is 20.7. The number of hydrogen-bond donors (Lipinski definition) is 6. The normalized spacial score (nSPS) is 18.5. The molecule has 0 saturated carbocycles. The summed E-state index contributed by atoms with van der Waals surface area (Å²) in [5.41, 5.74) is 0. The van der Waals surface area contributed by atoms with Gasteiger partial charge in [-0.15, -0.1) is 0 Å². The molecule has 0 radical (unpaired) electrons. The molecule has 536 valence electrons. The Morgan fingerprint density at radius 1 is 0.430 bits per heavy atom. The van der Waals surface area contributed by atoms with Crippen LogP contribution >= 0.6 is 0 Å². The summed E-state index contributed by atoms with van der Waals surface area (Å²) in [5, 5.41) is 57.4. The van der Waals surface area contributed by atoms with E-state index in [1.807, 2.05) is 6.08 Å². The highest BCUT2D eigenvalue weighted by molar-refractivity contribution is 5.80. The lowest BCUT2D eigenvalue weighted by molar-refractivity contribution is -0.305. The van der Waals surface area contributed by atoms with Crippen LogP contribution in [0.1, 0.15) is 335 Å². The van der Waals surface area contributed by atoms with Crippen LogP contribution in [0.2, 0.25) is 0 Å². The topological polar surface area (TPSA) is 175 Å². The lowest BCUT2D eigenvalue weighted by atomic mass is 9.99. The zero-order valence-corrected chi connectivity index (χ0v) is 59.9. The number of nitrogens with one attached hydrogen (secondary N) is 1. The number of esters is 1. The smallest absolute Gasteiger partial charge is 0.306 e. The largest absolute Gasteiger partial charge is 0.454 e. The Bertz CT molecular complexity index is 1940. The SMILES string of the molecule is CC/C=C\C/C=C\C/C=C\C/C=C\C/C=C\C/C=C\CCCCCCCCCCC(=O)OC1C(OCC(NC(=O)C(O)CCCCCCCCCCCCCCCCCC/C=C\C/C=C\CCCCC)C(O)/C=C/CCCCCCCCCCC)OC(CO)C(O)C1O. The van der Waals surface area contributed by atoms with Gasteiger partial charge < -0.3 is 45.1 Å². The van der Waals surface area contributed by atoms with E-state index in [4.69, 9.17) is 14.2 Å². The molecule has 11 heteroatoms. The summed E-state index contributed by atoms with van der Waals surface area (Å²) in [4.78, 5) is 26.7. The highest BCUT2D eigenvalue weighted by Gasteiger charge is 2.47. The number of aliphatic hydroxyl groups is 5. The first kappa shape index (κ1) is 87.3. The van der Waals surface area contributed by atoms with Crippen LogP contribution in [0.3, 0.4) is 0 Å². The van der Waals surface area contributed by atoms with Gasteiger partial charge in [0.25, 0.3) is 0 Å². The van der Waals surface area contributed by atoms with E-state index in [0.717, 1.165) is 116 Å². The summed E-state index contributed by atoms with van der Waals surface area (Å²) in [6.45, 7) is 5.68. The fourth-order valence-electron chi connectivity index (χ4n) is 11.6. The second kappa shape index (κ2) is 68.3. The summed E-state index contributed by atoms with van der Waals surface area (Å²) in [6.07, 6.45) is 84.2. The van der Waals surface area contributed by atoms with Crippen LogP contribution in [0.25, 0.3) is 0 Å². The molecule has 1 rings (SSSR count). The molecule has 1 aliphatic heterocycles. The van der Waals surface area contributed by atoms with Crippen molar-refractivity contribution in [3.05, 3.63) is 109 Å². The molecule has 8 unspecified atom stereocenters. The number of ether oxygens (including phenoxy) is 3. The Morgan fingerprint density at radius 2 is 0.774 bits per heavy atom. The minimum Gasteiger partial charge on any atom is -0.454 e. The van der Waals surface area contributed by atoms with E-state index >= 15 is 0 Å². The van der Waals surface area contributed by atoms with E-state index in [9.17, 15) is 35.1 Å². The van der Waals surface area contributed by atoms with Gasteiger partial charge in [0.05, 0.1) is 25.4 Å². The molecule has 0 spiro atoms. The fraction of sp³-hybridized carbons (Fsp3) is 0.756. The zero-order chi connectivity index (χ0) is 67.4. The quantitative estimate of drug-likeness (QED) is 0.0195. The van der Waals surface area contributed by atoms with Crippen molar-refractivity contribution in [2.45, 2.75) is 384 Å². The van der Waals surface area contributed by atoms with Crippen LogP contribution < -0.4 is 5.32 Å². The third-order valence-corrected chi connectivity index (χ3v) is 17.7. The number of carbonyl (C=O) groups excluding carboxylic acids is 2. The maximum atomic E-state index is 13.5. The highest BCUT2D eigenvalue weighted by atomic mass is 16.7. The van der Waals surface area contributed by atoms with E-state index in [2.05, 4.69) is 123 Å². The lowest BCUT2D eigenvalue weighted by Gasteiger charge is -2.41. The summed E-state index contributed by atoms with van der Waals surface area (Å²) in [6, 6.07) is -1.03. The van der Waals surface area contributed by atoms with Gasteiger partial charge in [0.2, 0.25) is 5.91 Å². The number of aliphatic hydroxyl groups excluding tert-OH is 5. The Kier molecular flexibility index (Phi) is 64.1. The fourth-order valence-corrected chi connectivity index (χ4v) is 11.6. The van der Waals surface area contributed by atoms with E-state index in [1.54, 1.807) is 6.08 Å². The standard InChI is InChI=1S/C82H143NO10/c1-4-7-10-13-16-19-22-24-26-28-30-32-34-36-38-40-42-44-46-48-50-52-55-58-61-64-67-70-77(87)93-80-79(89)78(88)76(71-84)92-82(80)91-72-73(74(85)68-65-62-59-56-53-21-18-15-12-9-6-3)83-81(90)75(86)69-66-63-60-57-54-51-49-47-45-43-41-39-37-35-33-31-29-27-25-23-20-17-14-11-8-5-2/h7,10,16-17,19-20,24-27,30,32,36,38,42,44,65,68,73-76,78-80,82,84-86,88-89H,4-6,8-9,11-15,18,21-23,28-29,31,33-35,37,39-41,43,45-64,66-67,69-72H2,1-3H3,(H,83,90)/b10-7-,19-16-,20-17-,26-24-,27-25-,32-30-,38-36-,44-42-,68-65+. The van der Waals surface area contributed by atoms with Crippen molar-refractivity contribution in [2.75, 3.05) is 13.2 Å². The maximum absolute atomic E-state index is 13.5. The van der Waals surface area contributed by atoms with Gasteiger partial charge >= 0.3 is 5.97 Å². The van der Waals surface area contributed by atoms with Gasteiger partial charge in [-0.3, -0.25) is 9.59 Å². The molecule has 11 nitrogen and oxygen atoms in total. The van der Waals surface area contributed by atoms with Crippen molar-refractivity contribution in [1.82, 2.24) is 5.32 Å². The molecule has 6 N–H and O–H groups in total. The van der Waals surface area contributed by atoms with Crippen molar-refractivity contribution in [1.29, 1.82) is 0 Å². The van der Waals surface area contributed by atoms with Crippen LogP contribution in [0.15, 0.2) is 109 Å². The van der Waals surface area contributed by atoms with Crippen LogP contribution in [-0.2, 0) is 23.8 Å². The monoisotopic (exact) mass is 1300 g/mol. The van der Waals surface area contributed by atoms with Crippen molar-refractivity contribution in [2.24, 2.45) is 0 Å². The second-order valence-corrected chi connectivity index (χ2v) is 26.4. The Morgan fingerprint density at radius 3 is 1.18 bits per heavy atom. The van der Waals surface area contributed by atoms with Crippen LogP contribution in [-0.4, -0.2) is 99.6 Å². The molecule has 1 heterocycles. The molecule has 1 aliphatic rings. The van der Waals surface area contributed by atoms with E-state index in [1.165, 1.54) is 173 Å². The Hall–Kier alpha value is -3.68. The van der Waals surface area contributed by atoms with Crippen molar-refractivity contribution < 1.29 is 49.3 Å². The van der Waals surface area contributed by atoms with Gasteiger partial charge in [0.1, 0.15) is 24.4 Å². The molecule has 0 aromatic heterocycles. The van der Waals surface area contributed by atoms with E-state index in [-0.39, 0.29) is 19.4 Å². The highest BCUT2D eigenvalue weighted by Crippen LogP contribution is 2.26. The second-order valence-electron chi connectivity index (χ2n) is 26.4. The van der Waals surface area contributed by atoms with Crippen LogP contribution in [0.5, 0.6) is 0 Å². The molecule has 93 heavy (non-hydrogen) atoms. The summed E-state index contributed by atoms with van der Waals surface area (Å²) >= 11 is 0. The third-order valence-electron chi connectivity index (χ3n) is 17.7. The van der Waals surface area contributed by atoms with Crippen molar-refractivity contribution in [3.63, 3.8) is 0 Å². The van der Waals surface area contributed by atoms with Crippen LogP contribution in [0.4, 0.5) is 0 Å². The first-order chi connectivity index (χ1) is 45.7. The molecular formula is C82H143NO10. The molecule has 1 saturated heterocycles. The molecule has 1 amide bonds. The Balaban J connectivity index is 2.50. The molecule has 8 atom stereocenters. The van der Waals surface area contributed by atoms with Gasteiger partial charge in [0.15, 0.2) is 12.4 Å². The number of allylic oxidation sites excluding steroid dienone is 17. The summed E-state index contributed by atoms with van der Waals surface area (Å²) in [7, 11) is 0. The number of unbranched alkanes of at least 4 members (excludes halogenated alkanes) is 36. The molecule has 0 bridgehead atoms. The average molecular weight is 1300 g/mol. The average Bonchev–Trinajstić information content (AvgIpc) is 0.842. The molecule has 0 aromatic rings. The summed E-state index contributed by atoms with van der Waals surface area (Å²) in [5.74, 6) is -1.20. The molecule has 0 aliphatic carbocycles. The van der Waals surface area contributed by atoms with Gasteiger partial charge in [-0.1, -0.05) is 329 Å². The van der Waals surface area contributed by atoms with Crippen molar-refractivity contribution in [3.8, 4) is 0 Å².